The minimum atomic E-state index is -1.20. The van der Waals surface area contributed by atoms with Crippen LogP contribution in [-0.4, -0.2) is 21.4 Å². The van der Waals surface area contributed by atoms with Gasteiger partial charge in [0.1, 0.15) is 11.6 Å². The minimum absolute atomic E-state index is 0.0839. The number of halogens is 3. The number of rotatable bonds is 3. The summed E-state index contributed by atoms with van der Waals surface area (Å²) < 4.78 is 40.4. The molecule has 2 heterocycles. The molecule has 1 aliphatic carbocycles. The van der Waals surface area contributed by atoms with E-state index in [1.165, 1.54) is 19.3 Å². The van der Waals surface area contributed by atoms with Gasteiger partial charge in [0.15, 0.2) is 11.6 Å². The van der Waals surface area contributed by atoms with Crippen LogP contribution in [0.1, 0.15) is 60.7 Å². The van der Waals surface area contributed by atoms with Gasteiger partial charge in [0.2, 0.25) is 0 Å². The molecule has 144 valence electrons. The maximum Gasteiger partial charge on any atom is 0.255 e. The van der Waals surface area contributed by atoms with E-state index >= 15 is 0 Å². The smallest absolute Gasteiger partial charge is 0.255 e. The van der Waals surface area contributed by atoms with Gasteiger partial charge in [-0.25, -0.2) is 18.2 Å². The molecule has 1 saturated carbocycles. The number of fused-ring (bicyclic) bond motifs is 1. The molecule has 1 N–H and O–H groups in total. The molecule has 1 aliphatic heterocycles. The zero-order valence-corrected chi connectivity index (χ0v) is 15.0. The molecule has 1 aromatic carbocycles. The molecular weight excluding hydrogens is 355 g/mol. The second-order valence-electron chi connectivity index (χ2n) is 7.53. The summed E-state index contributed by atoms with van der Waals surface area (Å²) in [5.74, 6) is -1.93. The van der Waals surface area contributed by atoms with E-state index in [1.807, 2.05) is 4.90 Å². The summed E-state index contributed by atoms with van der Waals surface area (Å²) in [7, 11) is 0. The summed E-state index contributed by atoms with van der Waals surface area (Å²) in [6.07, 6.45) is 6.27. The zero-order valence-electron chi connectivity index (χ0n) is 15.0. The Morgan fingerprint density at radius 3 is 2.59 bits per heavy atom. The normalized spacial score (nSPS) is 18.5. The summed E-state index contributed by atoms with van der Waals surface area (Å²) >= 11 is 0. The topological polar surface area (TPSA) is 49.0 Å². The first kappa shape index (κ1) is 18.2. The molecule has 0 spiro atoms. The minimum Gasteiger partial charge on any atom is -0.310 e. The Bertz CT molecular complexity index is 906. The SMILES string of the molecule is O=c1[nH]c(C2CCCCC2)nc2c1CN(Cc1cc(F)c(F)cc1F)CC2. The second-order valence-corrected chi connectivity index (χ2v) is 7.53. The molecule has 1 aromatic heterocycles. The summed E-state index contributed by atoms with van der Waals surface area (Å²) in [4.78, 5) is 22.1. The van der Waals surface area contributed by atoms with Crippen molar-refractivity contribution in [1.82, 2.24) is 14.9 Å². The van der Waals surface area contributed by atoms with Crippen LogP contribution in [0.5, 0.6) is 0 Å². The van der Waals surface area contributed by atoms with Gasteiger partial charge in [-0.1, -0.05) is 19.3 Å². The third-order valence-corrected chi connectivity index (χ3v) is 5.64. The lowest BCUT2D eigenvalue weighted by Crippen LogP contribution is -2.36. The summed E-state index contributed by atoms with van der Waals surface area (Å²) in [6, 6.07) is 1.45. The van der Waals surface area contributed by atoms with Gasteiger partial charge in [-0.15, -0.1) is 0 Å². The first-order valence-electron chi connectivity index (χ1n) is 9.49. The first-order valence-corrected chi connectivity index (χ1v) is 9.49. The van der Waals surface area contributed by atoms with Crippen molar-refractivity contribution in [3.63, 3.8) is 0 Å². The molecule has 0 atom stereocenters. The highest BCUT2D eigenvalue weighted by atomic mass is 19.2. The van der Waals surface area contributed by atoms with Gasteiger partial charge in [0.05, 0.1) is 11.3 Å². The van der Waals surface area contributed by atoms with Gasteiger partial charge in [0.25, 0.3) is 5.56 Å². The van der Waals surface area contributed by atoms with Crippen LogP contribution in [0, 0.1) is 17.5 Å². The van der Waals surface area contributed by atoms with E-state index in [4.69, 9.17) is 4.98 Å². The molecule has 0 radical (unpaired) electrons. The molecule has 1 fully saturated rings. The maximum atomic E-state index is 13.9. The first-order chi connectivity index (χ1) is 13.0. The van der Waals surface area contributed by atoms with E-state index in [-0.39, 0.29) is 17.7 Å². The fourth-order valence-corrected chi connectivity index (χ4v) is 4.13. The fourth-order valence-electron chi connectivity index (χ4n) is 4.13. The molecule has 0 saturated heterocycles. The monoisotopic (exact) mass is 377 g/mol. The van der Waals surface area contributed by atoms with Gasteiger partial charge in [-0.3, -0.25) is 9.69 Å². The van der Waals surface area contributed by atoms with Crippen LogP contribution in [-0.2, 0) is 19.5 Å². The summed E-state index contributed by atoms with van der Waals surface area (Å²) in [5.41, 5.74) is 1.33. The fraction of sp³-hybridized carbons (Fsp3) is 0.500. The number of benzene rings is 1. The van der Waals surface area contributed by atoms with E-state index in [1.54, 1.807) is 0 Å². The van der Waals surface area contributed by atoms with Crippen molar-refractivity contribution in [2.75, 3.05) is 6.54 Å². The molecule has 27 heavy (non-hydrogen) atoms. The van der Waals surface area contributed by atoms with Crippen molar-refractivity contribution in [3.05, 3.63) is 62.6 Å². The highest BCUT2D eigenvalue weighted by molar-refractivity contribution is 5.24. The highest BCUT2D eigenvalue weighted by Crippen LogP contribution is 2.31. The average Bonchev–Trinajstić information content (AvgIpc) is 2.67. The predicted octanol–water partition coefficient (Wildman–Crippen LogP) is 3.79. The van der Waals surface area contributed by atoms with Crippen LogP contribution in [0.25, 0.3) is 0 Å². The molecule has 0 bridgehead atoms. The van der Waals surface area contributed by atoms with E-state index in [9.17, 15) is 18.0 Å². The second kappa shape index (κ2) is 7.46. The molecule has 7 heteroatoms. The van der Waals surface area contributed by atoms with Crippen LogP contribution in [0.3, 0.4) is 0 Å². The Morgan fingerprint density at radius 2 is 1.81 bits per heavy atom. The number of H-pyrrole nitrogens is 1. The quantitative estimate of drug-likeness (QED) is 0.828. The van der Waals surface area contributed by atoms with Crippen molar-refractivity contribution >= 4 is 0 Å². The zero-order chi connectivity index (χ0) is 19.0. The number of aromatic nitrogens is 2. The molecule has 2 aromatic rings. The molecule has 2 aliphatic rings. The molecule has 4 nitrogen and oxygen atoms in total. The molecular formula is C20H22F3N3O. The van der Waals surface area contributed by atoms with Crippen LogP contribution in [0.15, 0.2) is 16.9 Å². The van der Waals surface area contributed by atoms with E-state index < -0.39 is 17.5 Å². The molecule has 0 unspecified atom stereocenters. The third-order valence-electron chi connectivity index (χ3n) is 5.64. The van der Waals surface area contributed by atoms with Gasteiger partial charge < -0.3 is 4.98 Å². The predicted molar refractivity (Wildman–Crippen MR) is 94.8 cm³/mol. The van der Waals surface area contributed by atoms with E-state index in [0.29, 0.717) is 37.1 Å². The Morgan fingerprint density at radius 1 is 1.07 bits per heavy atom. The lowest BCUT2D eigenvalue weighted by Gasteiger charge is -2.29. The van der Waals surface area contributed by atoms with Gasteiger partial charge in [-0.2, -0.15) is 0 Å². The van der Waals surface area contributed by atoms with Crippen molar-refractivity contribution in [1.29, 1.82) is 0 Å². The summed E-state index contributed by atoms with van der Waals surface area (Å²) in [5, 5.41) is 0. The van der Waals surface area contributed by atoms with Crippen LogP contribution >= 0.6 is 0 Å². The summed E-state index contributed by atoms with van der Waals surface area (Å²) in [6.45, 7) is 1.03. The average molecular weight is 377 g/mol. The number of nitrogens with zero attached hydrogens (tertiary/aromatic N) is 2. The van der Waals surface area contributed by atoms with E-state index in [0.717, 1.165) is 30.4 Å². The van der Waals surface area contributed by atoms with Crippen molar-refractivity contribution in [3.8, 4) is 0 Å². The van der Waals surface area contributed by atoms with Gasteiger partial charge in [-0.05, 0) is 18.9 Å². The Kier molecular flexibility index (Phi) is 5.04. The number of hydrogen-bond donors (Lipinski definition) is 1. The van der Waals surface area contributed by atoms with Gasteiger partial charge >= 0.3 is 0 Å². The Hall–Kier alpha value is -2.15. The van der Waals surface area contributed by atoms with Gasteiger partial charge in [0, 0.05) is 43.6 Å². The molecule has 0 amide bonds. The Balaban J connectivity index is 1.53. The third kappa shape index (κ3) is 3.78. The lowest BCUT2D eigenvalue weighted by atomic mass is 9.88. The van der Waals surface area contributed by atoms with Crippen molar-refractivity contribution < 1.29 is 13.2 Å². The van der Waals surface area contributed by atoms with Crippen LogP contribution in [0.4, 0.5) is 13.2 Å². The number of hydrogen-bond acceptors (Lipinski definition) is 3. The van der Waals surface area contributed by atoms with Crippen LogP contribution < -0.4 is 5.56 Å². The van der Waals surface area contributed by atoms with E-state index in [2.05, 4.69) is 4.98 Å². The van der Waals surface area contributed by atoms with Crippen LogP contribution in [0.2, 0.25) is 0 Å². The number of nitrogens with one attached hydrogen (secondary N) is 1. The maximum absolute atomic E-state index is 13.9. The molecule has 4 rings (SSSR count). The lowest BCUT2D eigenvalue weighted by molar-refractivity contribution is 0.237. The highest BCUT2D eigenvalue weighted by Gasteiger charge is 2.25. The number of aromatic amines is 1. The standard InChI is InChI=1S/C20H22F3N3O/c21-15-9-17(23)16(22)8-13(15)10-26-7-6-18-14(11-26)20(27)25-19(24-18)12-4-2-1-3-5-12/h8-9,12H,1-7,10-11H2,(H,24,25,27). The Labute approximate surface area is 155 Å². The van der Waals surface area contributed by atoms with Crippen molar-refractivity contribution in [2.24, 2.45) is 0 Å². The van der Waals surface area contributed by atoms with Crippen molar-refractivity contribution in [2.45, 2.75) is 57.5 Å². The largest absolute Gasteiger partial charge is 0.310 e.